The van der Waals surface area contributed by atoms with Gasteiger partial charge in [0.05, 0.1) is 23.8 Å². The fraction of sp³-hybridized carbons (Fsp3) is 0.107. The Morgan fingerprint density at radius 1 is 1.05 bits per heavy atom. The van der Waals surface area contributed by atoms with Gasteiger partial charge in [-0.1, -0.05) is 24.8 Å². The van der Waals surface area contributed by atoms with Crippen molar-refractivity contribution in [3.05, 3.63) is 79.4 Å². The highest BCUT2D eigenvalue weighted by molar-refractivity contribution is 6.08. The molecule has 40 heavy (non-hydrogen) atoms. The van der Waals surface area contributed by atoms with E-state index >= 15 is 0 Å². The lowest BCUT2D eigenvalue weighted by Gasteiger charge is -2.13. The van der Waals surface area contributed by atoms with Gasteiger partial charge in [-0.05, 0) is 41.5 Å². The Bertz CT molecular complexity index is 1720. The summed E-state index contributed by atoms with van der Waals surface area (Å²) in [4.78, 5) is 28.1. The first kappa shape index (κ1) is 26.2. The lowest BCUT2D eigenvalue weighted by Crippen LogP contribution is -2.06. The van der Waals surface area contributed by atoms with E-state index in [4.69, 9.17) is 15.2 Å². The third-order valence-corrected chi connectivity index (χ3v) is 6.16. The number of amides is 1. The SMILES string of the molecule is C=CC(=O)Nc1ccc(-c2c(-c3ccc(Oc4ncc(C(F)F)cn4)c(OC)c3)c3c(N)ncnc3n2C)cc1. The van der Waals surface area contributed by atoms with Gasteiger partial charge in [-0.25, -0.2) is 28.7 Å². The summed E-state index contributed by atoms with van der Waals surface area (Å²) >= 11 is 0. The molecule has 3 aromatic heterocycles. The first-order valence-electron chi connectivity index (χ1n) is 11.9. The van der Waals surface area contributed by atoms with E-state index in [1.165, 1.54) is 19.5 Å². The molecule has 0 bridgehead atoms. The van der Waals surface area contributed by atoms with Crippen molar-refractivity contribution in [2.24, 2.45) is 7.05 Å². The molecule has 0 spiro atoms. The van der Waals surface area contributed by atoms with E-state index in [9.17, 15) is 13.6 Å². The van der Waals surface area contributed by atoms with Gasteiger partial charge in [0.25, 0.3) is 6.43 Å². The third-order valence-electron chi connectivity index (χ3n) is 6.16. The number of aryl methyl sites for hydroxylation is 1. The average Bonchev–Trinajstić information content (AvgIpc) is 3.27. The van der Waals surface area contributed by atoms with Crippen molar-refractivity contribution in [3.63, 3.8) is 0 Å². The van der Waals surface area contributed by atoms with Crippen LogP contribution in [0, 0.1) is 0 Å². The van der Waals surface area contributed by atoms with Crippen LogP contribution in [-0.2, 0) is 11.8 Å². The quantitative estimate of drug-likeness (QED) is 0.244. The van der Waals surface area contributed by atoms with Crippen LogP contribution in [0.15, 0.2) is 73.8 Å². The molecule has 0 unspecified atom stereocenters. The Morgan fingerprint density at radius 2 is 1.75 bits per heavy atom. The summed E-state index contributed by atoms with van der Waals surface area (Å²) in [5.74, 6) is 0.610. The number of nitrogens with one attached hydrogen (secondary N) is 1. The second kappa shape index (κ2) is 10.8. The van der Waals surface area contributed by atoms with Gasteiger partial charge >= 0.3 is 6.01 Å². The molecule has 0 aliphatic carbocycles. The number of halogens is 2. The summed E-state index contributed by atoms with van der Waals surface area (Å²) in [5.41, 5.74) is 10.4. The minimum Gasteiger partial charge on any atom is -0.493 e. The number of nitrogen functional groups attached to an aromatic ring is 1. The number of anilines is 2. The number of methoxy groups -OCH3 is 1. The van der Waals surface area contributed by atoms with Crippen LogP contribution in [0.1, 0.15) is 12.0 Å². The monoisotopic (exact) mass is 543 g/mol. The number of carbonyl (C=O) groups excluding carboxylic acids is 1. The molecule has 12 heteroatoms. The topological polar surface area (TPSA) is 130 Å². The van der Waals surface area contributed by atoms with Gasteiger partial charge in [0.2, 0.25) is 5.91 Å². The molecular formula is C28H23F2N7O3. The van der Waals surface area contributed by atoms with Crippen LogP contribution in [0.4, 0.5) is 20.3 Å². The van der Waals surface area contributed by atoms with Crippen LogP contribution in [-0.4, -0.2) is 37.5 Å². The number of rotatable bonds is 8. The van der Waals surface area contributed by atoms with Gasteiger partial charge < -0.3 is 25.1 Å². The maximum Gasteiger partial charge on any atom is 0.322 e. The first-order valence-corrected chi connectivity index (χ1v) is 11.9. The maximum atomic E-state index is 12.9. The predicted octanol–water partition coefficient (Wildman–Crippen LogP) is 5.54. The average molecular weight is 544 g/mol. The smallest absolute Gasteiger partial charge is 0.322 e. The van der Waals surface area contributed by atoms with Crippen LogP contribution in [0.3, 0.4) is 0 Å². The Kier molecular flexibility index (Phi) is 7.06. The van der Waals surface area contributed by atoms with E-state index in [2.05, 4.69) is 31.8 Å². The summed E-state index contributed by atoms with van der Waals surface area (Å²) < 4.78 is 38.9. The molecule has 5 rings (SSSR count). The summed E-state index contributed by atoms with van der Waals surface area (Å²) in [5, 5.41) is 3.38. The molecule has 0 atom stereocenters. The normalized spacial score (nSPS) is 11.0. The van der Waals surface area contributed by atoms with Crippen LogP contribution < -0.4 is 20.5 Å². The second-order valence-corrected chi connectivity index (χ2v) is 8.58. The van der Waals surface area contributed by atoms with Gasteiger partial charge in [0, 0.05) is 30.7 Å². The molecule has 3 N–H and O–H groups in total. The second-order valence-electron chi connectivity index (χ2n) is 8.58. The standard InChI is InChI=1S/C28H23F2N7O3/c1-4-21(38)36-18-8-5-15(6-9-18)24-22(23-26(31)34-14-35-27(23)37(24)2)16-7-10-19(20(11-16)39-3)40-28-32-12-17(13-33-28)25(29)30/h4-14,25H,1H2,2-3H3,(H,36,38)(H2,31,34,35). The van der Waals surface area contributed by atoms with Crippen molar-refractivity contribution in [1.29, 1.82) is 0 Å². The summed E-state index contributed by atoms with van der Waals surface area (Å²) in [6, 6.07) is 12.4. The van der Waals surface area contributed by atoms with Crippen molar-refractivity contribution in [2.45, 2.75) is 6.43 Å². The summed E-state index contributed by atoms with van der Waals surface area (Å²) in [7, 11) is 3.35. The highest BCUT2D eigenvalue weighted by atomic mass is 19.3. The number of hydrogen-bond donors (Lipinski definition) is 2. The van der Waals surface area contributed by atoms with Gasteiger partial charge in [-0.15, -0.1) is 0 Å². The summed E-state index contributed by atoms with van der Waals surface area (Å²) in [6.45, 7) is 3.47. The van der Waals surface area contributed by atoms with Crippen molar-refractivity contribution in [3.8, 4) is 39.9 Å². The number of aromatic nitrogens is 5. The largest absolute Gasteiger partial charge is 0.493 e. The van der Waals surface area contributed by atoms with E-state index in [1.807, 2.05) is 23.7 Å². The zero-order valence-electron chi connectivity index (χ0n) is 21.4. The molecule has 0 saturated heterocycles. The van der Waals surface area contributed by atoms with E-state index in [0.29, 0.717) is 28.3 Å². The number of fused-ring (bicyclic) bond motifs is 1. The molecule has 1 amide bonds. The maximum absolute atomic E-state index is 12.9. The van der Waals surface area contributed by atoms with Crippen LogP contribution in [0.5, 0.6) is 17.5 Å². The number of hydrogen-bond acceptors (Lipinski definition) is 8. The molecular weight excluding hydrogens is 520 g/mol. The molecule has 0 saturated carbocycles. The molecule has 0 fully saturated rings. The van der Waals surface area contributed by atoms with Crippen molar-refractivity contribution in [1.82, 2.24) is 24.5 Å². The highest BCUT2D eigenvalue weighted by Crippen LogP contribution is 2.44. The Labute approximate surface area is 227 Å². The number of nitrogens with zero attached hydrogens (tertiary/aromatic N) is 5. The molecule has 5 aromatic rings. The fourth-order valence-electron chi connectivity index (χ4n) is 4.30. The minimum atomic E-state index is -2.68. The first-order chi connectivity index (χ1) is 19.3. The van der Waals surface area contributed by atoms with Crippen molar-refractivity contribution in [2.75, 3.05) is 18.2 Å². The molecule has 2 aromatic carbocycles. The molecule has 202 valence electrons. The van der Waals surface area contributed by atoms with Crippen molar-refractivity contribution < 1.29 is 23.0 Å². The van der Waals surface area contributed by atoms with E-state index < -0.39 is 6.43 Å². The van der Waals surface area contributed by atoms with Gasteiger partial charge in [0.1, 0.15) is 17.8 Å². The molecule has 10 nitrogen and oxygen atoms in total. The lowest BCUT2D eigenvalue weighted by molar-refractivity contribution is -0.111. The zero-order chi connectivity index (χ0) is 28.4. The van der Waals surface area contributed by atoms with E-state index in [1.54, 1.807) is 30.3 Å². The Morgan fingerprint density at radius 3 is 2.40 bits per heavy atom. The molecule has 3 heterocycles. The Balaban J connectivity index is 1.60. The number of nitrogens with two attached hydrogens (primary N) is 1. The van der Waals surface area contributed by atoms with E-state index in [0.717, 1.165) is 34.8 Å². The molecule has 0 radical (unpaired) electrons. The zero-order valence-corrected chi connectivity index (χ0v) is 21.4. The fourth-order valence-corrected chi connectivity index (χ4v) is 4.30. The third kappa shape index (κ3) is 4.89. The Hall–Kier alpha value is -5.39. The summed E-state index contributed by atoms with van der Waals surface area (Å²) in [6.07, 6.45) is 1.93. The van der Waals surface area contributed by atoms with Gasteiger partial charge in [-0.2, -0.15) is 0 Å². The van der Waals surface area contributed by atoms with Crippen molar-refractivity contribution >= 4 is 28.4 Å². The van der Waals surface area contributed by atoms with Gasteiger partial charge in [0.15, 0.2) is 11.5 Å². The van der Waals surface area contributed by atoms with Gasteiger partial charge in [-0.3, -0.25) is 4.79 Å². The molecule has 0 aliphatic rings. The highest BCUT2D eigenvalue weighted by Gasteiger charge is 2.23. The minimum absolute atomic E-state index is 0.109. The number of benzene rings is 2. The number of ether oxygens (including phenoxy) is 2. The predicted molar refractivity (Wildman–Crippen MR) is 146 cm³/mol. The van der Waals surface area contributed by atoms with Crippen LogP contribution >= 0.6 is 0 Å². The van der Waals surface area contributed by atoms with Crippen LogP contribution in [0.2, 0.25) is 0 Å². The number of alkyl halides is 2. The van der Waals surface area contributed by atoms with Crippen LogP contribution in [0.25, 0.3) is 33.4 Å². The number of carbonyl (C=O) groups is 1. The van der Waals surface area contributed by atoms with E-state index in [-0.39, 0.29) is 23.2 Å². The lowest BCUT2D eigenvalue weighted by atomic mass is 9.98. The molecule has 0 aliphatic heterocycles.